The molecular formula is C15H18N4O. The van der Waals surface area contributed by atoms with Crippen LogP contribution >= 0.6 is 0 Å². The Morgan fingerprint density at radius 1 is 1.25 bits per heavy atom. The molecule has 104 valence electrons. The van der Waals surface area contributed by atoms with Crippen molar-refractivity contribution < 1.29 is 4.79 Å². The Bertz CT molecular complexity index is 581. The van der Waals surface area contributed by atoms with Crippen molar-refractivity contribution in [2.75, 3.05) is 11.9 Å². The van der Waals surface area contributed by atoms with Crippen molar-refractivity contribution in [1.82, 2.24) is 15.3 Å². The van der Waals surface area contributed by atoms with E-state index in [1.165, 1.54) is 0 Å². The summed E-state index contributed by atoms with van der Waals surface area (Å²) >= 11 is 0. The van der Waals surface area contributed by atoms with Gasteiger partial charge >= 0.3 is 0 Å². The van der Waals surface area contributed by atoms with Gasteiger partial charge in [-0.05, 0) is 43.2 Å². The van der Waals surface area contributed by atoms with Crippen LogP contribution in [0.25, 0.3) is 0 Å². The number of anilines is 1. The fourth-order valence-electron chi connectivity index (χ4n) is 1.79. The van der Waals surface area contributed by atoms with Gasteiger partial charge in [-0.15, -0.1) is 0 Å². The van der Waals surface area contributed by atoms with Gasteiger partial charge in [0.25, 0.3) is 5.91 Å². The minimum absolute atomic E-state index is 0.128. The molecule has 2 N–H and O–H groups in total. The molecule has 0 aliphatic heterocycles. The third kappa shape index (κ3) is 3.54. The zero-order chi connectivity index (χ0) is 14.4. The summed E-state index contributed by atoms with van der Waals surface area (Å²) in [6.07, 6.45) is 5.09. The van der Waals surface area contributed by atoms with E-state index in [1.54, 1.807) is 30.7 Å². The average molecular weight is 270 g/mol. The highest BCUT2D eigenvalue weighted by Crippen LogP contribution is 2.07. The largest absolute Gasteiger partial charge is 0.370 e. The molecule has 0 aliphatic carbocycles. The number of nitrogens with zero attached hydrogens (tertiary/aromatic N) is 2. The first-order valence-electron chi connectivity index (χ1n) is 6.58. The van der Waals surface area contributed by atoms with Gasteiger partial charge in [-0.3, -0.25) is 9.78 Å². The first kappa shape index (κ1) is 14.0. The van der Waals surface area contributed by atoms with E-state index in [-0.39, 0.29) is 5.91 Å². The van der Waals surface area contributed by atoms with Gasteiger partial charge in [-0.25, -0.2) is 4.98 Å². The van der Waals surface area contributed by atoms with Gasteiger partial charge in [-0.2, -0.15) is 0 Å². The third-order valence-corrected chi connectivity index (χ3v) is 2.96. The predicted octanol–water partition coefficient (Wildman–Crippen LogP) is 2.15. The Balaban J connectivity index is 1.96. The molecule has 2 aromatic heterocycles. The molecule has 5 heteroatoms. The third-order valence-electron chi connectivity index (χ3n) is 2.96. The Kier molecular flexibility index (Phi) is 4.65. The van der Waals surface area contributed by atoms with Crippen LogP contribution in [0.3, 0.4) is 0 Å². The van der Waals surface area contributed by atoms with E-state index in [2.05, 4.69) is 20.6 Å². The predicted molar refractivity (Wildman–Crippen MR) is 78.5 cm³/mol. The minimum atomic E-state index is -0.128. The van der Waals surface area contributed by atoms with Gasteiger partial charge in [0.05, 0.1) is 5.56 Å². The van der Waals surface area contributed by atoms with E-state index in [9.17, 15) is 4.79 Å². The van der Waals surface area contributed by atoms with E-state index in [0.29, 0.717) is 12.1 Å². The lowest BCUT2D eigenvalue weighted by Crippen LogP contribution is -2.23. The molecule has 2 heterocycles. The van der Waals surface area contributed by atoms with Crippen LogP contribution in [0.15, 0.2) is 36.8 Å². The Hall–Kier alpha value is -2.43. The van der Waals surface area contributed by atoms with Crippen molar-refractivity contribution in [2.45, 2.75) is 20.4 Å². The van der Waals surface area contributed by atoms with Gasteiger partial charge in [-0.1, -0.05) is 0 Å². The molecule has 0 spiro atoms. The van der Waals surface area contributed by atoms with Crippen molar-refractivity contribution in [3.05, 3.63) is 53.5 Å². The van der Waals surface area contributed by atoms with E-state index < -0.39 is 0 Å². The molecule has 0 bridgehead atoms. The molecule has 0 saturated heterocycles. The Morgan fingerprint density at radius 3 is 2.75 bits per heavy atom. The molecule has 0 unspecified atom stereocenters. The first-order valence-corrected chi connectivity index (χ1v) is 6.58. The normalized spacial score (nSPS) is 10.1. The van der Waals surface area contributed by atoms with Crippen LogP contribution in [0.4, 0.5) is 5.82 Å². The number of rotatable bonds is 5. The van der Waals surface area contributed by atoms with E-state index in [0.717, 1.165) is 23.5 Å². The van der Waals surface area contributed by atoms with Crippen LogP contribution in [0.1, 0.15) is 28.4 Å². The quantitative estimate of drug-likeness (QED) is 0.873. The molecule has 2 rings (SSSR count). The van der Waals surface area contributed by atoms with Crippen molar-refractivity contribution in [3.63, 3.8) is 0 Å². The summed E-state index contributed by atoms with van der Waals surface area (Å²) in [6.45, 7) is 5.27. The fourth-order valence-corrected chi connectivity index (χ4v) is 1.79. The highest BCUT2D eigenvalue weighted by Gasteiger charge is 2.06. The number of amides is 1. The van der Waals surface area contributed by atoms with Crippen LogP contribution in [0, 0.1) is 6.92 Å². The summed E-state index contributed by atoms with van der Waals surface area (Å²) < 4.78 is 0. The number of carbonyl (C=O) groups excluding carboxylic acids is 1. The number of pyridine rings is 2. The molecular weight excluding hydrogens is 252 g/mol. The maximum atomic E-state index is 12.0. The smallest absolute Gasteiger partial charge is 0.253 e. The van der Waals surface area contributed by atoms with Gasteiger partial charge in [0, 0.05) is 31.7 Å². The second-order valence-corrected chi connectivity index (χ2v) is 4.45. The highest BCUT2D eigenvalue weighted by atomic mass is 16.1. The van der Waals surface area contributed by atoms with E-state index in [4.69, 9.17) is 0 Å². The number of hydrogen-bond donors (Lipinski definition) is 2. The number of carbonyl (C=O) groups is 1. The van der Waals surface area contributed by atoms with Crippen LogP contribution in [-0.4, -0.2) is 22.4 Å². The summed E-state index contributed by atoms with van der Waals surface area (Å²) in [4.78, 5) is 20.2. The summed E-state index contributed by atoms with van der Waals surface area (Å²) in [5.41, 5.74) is 2.68. The second kappa shape index (κ2) is 6.65. The monoisotopic (exact) mass is 270 g/mol. The lowest BCUT2D eigenvalue weighted by atomic mass is 10.1. The number of aromatic nitrogens is 2. The van der Waals surface area contributed by atoms with Crippen molar-refractivity contribution in [2.24, 2.45) is 0 Å². The lowest BCUT2D eigenvalue weighted by Gasteiger charge is -2.08. The number of nitrogens with one attached hydrogen (secondary N) is 2. The Morgan fingerprint density at radius 2 is 2.10 bits per heavy atom. The van der Waals surface area contributed by atoms with Gasteiger partial charge in [0.15, 0.2) is 0 Å². The molecule has 0 fully saturated rings. The topological polar surface area (TPSA) is 66.9 Å². The summed E-state index contributed by atoms with van der Waals surface area (Å²) in [7, 11) is 0. The summed E-state index contributed by atoms with van der Waals surface area (Å²) in [6, 6.07) is 5.47. The number of hydrogen-bond acceptors (Lipinski definition) is 4. The molecule has 0 saturated carbocycles. The molecule has 0 atom stereocenters. The Labute approximate surface area is 118 Å². The first-order chi connectivity index (χ1) is 9.70. The standard InChI is InChI=1S/C15H18N4O/c1-3-17-14-5-4-13(10-18-14)15(20)19-9-12-6-7-16-8-11(12)2/h4-8,10H,3,9H2,1-2H3,(H,17,18)(H,19,20). The molecule has 2 aromatic rings. The van der Waals surface area contributed by atoms with Crippen LogP contribution in [0.2, 0.25) is 0 Å². The van der Waals surface area contributed by atoms with E-state index >= 15 is 0 Å². The van der Waals surface area contributed by atoms with Crippen molar-refractivity contribution in [3.8, 4) is 0 Å². The van der Waals surface area contributed by atoms with Crippen molar-refractivity contribution in [1.29, 1.82) is 0 Å². The van der Waals surface area contributed by atoms with Crippen molar-refractivity contribution >= 4 is 11.7 Å². The van der Waals surface area contributed by atoms with E-state index in [1.807, 2.05) is 19.9 Å². The average Bonchev–Trinajstić information content (AvgIpc) is 2.47. The summed E-state index contributed by atoms with van der Waals surface area (Å²) in [5.74, 6) is 0.644. The molecule has 1 amide bonds. The molecule has 0 radical (unpaired) electrons. The second-order valence-electron chi connectivity index (χ2n) is 4.45. The molecule has 20 heavy (non-hydrogen) atoms. The van der Waals surface area contributed by atoms with Crippen LogP contribution < -0.4 is 10.6 Å². The SMILES string of the molecule is CCNc1ccc(C(=O)NCc2ccncc2C)cn1. The zero-order valence-electron chi connectivity index (χ0n) is 11.7. The lowest BCUT2D eigenvalue weighted by molar-refractivity contribution is 0.0950. The van der Waals surface area contributed by atoms with Crippen LogP contribution in [0.5, 0.6) is 0 Å². The molecule has 5 nitrogen and oxygen atoms in total. The maximum absolute atomic E-state index is 12.0. The zero-order valence-corrected chi connectivity index (χ0v) is 11.7. The van der Waals surface area contributed by atoms with Gasteiger partial charge in [0.1, 0.15) is 5.82 Å². The number of aryl methyl sites for hydroxylation is 1. The minimum Gasteiger partial charge on any atom is -0.370 e. The molecule has 0 aromatic carbocycles. The van der Waals surface area contributed by atoms with Gasteiger partial charge in [0.2, 0.25) is 0 Å². The van der Waals surface area contributed by atoms with Gasteiger partial charge < -0.3 is 10.6 Å². The highest BCUT2D eigenvalue weighted by molar-refractivity contribution is 5.94. The molecule has 0 aliphatic rings. The fraction of sp³-hybridized carbons (Fsp3) is 0.267. The summed E-state index contributed by atoms with van der Waals surface area (Å²) in [5, 5.41) is 5.97. The maximum Gasteiger partial charge on any atom is 0.253 e. The van der Waals surface area contributed by atoms with Crippen LogP contribution in [-0.2, 0) is 6.54 Å².